The zero-order valence-electron chi connectivity index (χ0n) is 11.5. The number of hydrogen-bond acceptors (Lipinski definition) is 4. The van der Waals surface area contributed by atoms with Crippen LogP contribution in [0.2, 0.25) is 0 Å². The van der Waals surface area contributed by atoms with E-state index < -0.39 is 10.0 Å². The maximum Gasteiger partial charge on any atom is 0.245 e. The van der Waals surface area contributed by atoms with Crippen LogP contribution >= 0.6 is 0 Å². The van der Waals surface area contributed by atoms with Crippen molar-refractivity contribution in [1.82, 2.24) is 9.29 Å². The van der Waals surface area contributed by atoms with Gasteiger partial charge >= 0.3 is 0 Å². The molecule has 0 saturated heterocycles. The van der Waals surface area contributed by atoms with Gasteiger partial charge in [0.2, 0.25) is 10.0 Å². The summed E-state index contributed by atoms with van der Waals surface area (Å²) < 4.78 is 26.5. The fourth-order valence-corrected chi connectivity index (χ4v) is 3.36. The maximum atomic E-state index is 12.5. The summed E-state index contributed by atoms with van der Waals surface area (Å²) in [6.45, 7) is 6.66. The van der Waals surface area contributed by atoms with E-state index in [2.05, 4.69) is 4.98 Å². The Bertz CT molecular complexity index is 563. The SMILES string of the molecule is CCC(C)CN(CC)S(=O)(=O)c1cccnc1C#N. The second-order valence-electron chi connectivity index (χ2n) is 4.43. The molecule has 0 fully saturated rings. The van der Waals surface area contributed by atoms with Gasteiger partial charge in [-0.3, -0.25) is 0 Å². The molecule has 0 spiro atoms. The topological polar surface area (TPSA) is 74.1 Å². The van der Waals surface area contributed by atoms with Crippen LogP contribution in [0.4, 0.5) is 0 Å². The van der Waals surface area contributed by atoms with Crippen LogP contribution in [0, 0.1) is 17.2 Å². The summed E-state index contributed by atoms with van der Waals surface area (Å²) in [5.41, 5.74) is -0.0508. The molecule has 1 rings (SSSR count). The molecule has 1 heterocycles. The highest BCUT2D eigenvalue weighted by Gasteiger charge is 2.27. The number of pyridine rings is 1. The van der Waals surface area contributed by atoms with E-state index in [1.165, 1.54) is 22.6 Å². The van der Waals surface area contributed by atoms with Gasteiger partial charge in [0.15, 0.2) is 5.69 Å². The Morgan fingerprint density at radius 2 is 2.16 bits per heavy atom. The smallest absolute Gasteiger partial charge is 0.244 e. The standard InChI is InChI=1S/C13H19N3O2S/c1-4-11(3)10-16(5-2)19(17,18)13-7-6-8-15-12(13)9-14/h6-8,11H,4-5,10H2,1-3H3. The van der Waals surface area contributed by atoms with Crippen molar-refractivity contribution in [1.29, 1.82) is 5.26 Å². The zero-order chi connectivity index (χ0) is 14.5. The van der Waals surface area contributed by atoms with E-state index in [-0.39, 0.29) is 16.5 Å². The molecule has 19 heavy (non-hydrogen) atoms. The average molecular weight is 281 g/mol. The Hall–Kier alpha value is -1.45. The van der Waals surface area contributed by atoms with Crippen molar-refractivity contribution in [2.75, 3.05) is 13.1 Å². The molecule has 0 amide bonds. The third-order valence-corrected chi connectivity index (χ3v) is 5.03. The van der Waals surface area contributed by atoms with Crippen LogP contribution in [0.25, 0.3) is 0 Å². The van der Waals surface area contributed by atoms with Crippen LogP contribution in [-0.4, -0.2) is 30.8 Å². The van der Waals surface area contributed by atoms with Gasteiger partial charge in [-0.15, -0.1) is 0 Å². The predicted molar refractivity (Wildman–Crippen MR) is 72.8 cm³/mol. The van der Waals surface area contributed by atoms with Gasteiger partial charge in [-0.1, -0.05) is 27.2 Å². The second-order valence-corrected chi connectivity index (χ2v) is 6.34. The summed E-state index contributed by atoms with van der Waals surface area (Å²) in [7, 11) is -3.65. The molecule has 1 atom stereocenters. The molecular formula is C13H19N3O2S. The molecule has 1 unspecified atom stereocenters. The third kappa shape index (κ3) is 3.52. The molecule has 0 aromatic carbocycles. The first-order valence-corrected chi connectivity index (χ1v) is 7.76. The Morgan fingerprint density at radius 1 is 1.47 bits per heavy atom. The third-order valence-electron chi connectivity index (χ3n) is 3.06. The molecule has 1 aromatic rings. The highest BCUT2D eigenvalue weighted by molar-refractivity contribution is 7.89. The van der Waals surface area contributed by atoms with E-state index in [0.29, 0.717) is 13.1 Å². The number of sulfonamides is 1. The van der Waals surface area contributed by atoms with Crippen LogP contribution in [0.3, 0.4) is 0 Å². The Morgan fingerprint density at radius 3 is 2.68 bits per heavy atom. The van der Waals surface area contributed by atoms with E-state index in [9.17, 15) is 8.42 Å². The van der Waals surface area contributed by atoms with Gasteiger partial charge in [0.25, 0.3) is 0 Å². The summed E-state index contributed by atoms with van der Waals surface area (Å²) in [6.07, 6.45) is 2.33. The van der Waals surface area contributed by atoms with Gasteiger partial charge in [-0.2, -0.15) is 9.57 Å². The van der Waals surface area contributed by atoms with Gasteiger partial charge in [0.05, 0.1) is 0 Å². The maximum absolute atomic E-state index is 12.5. The Kier molecular flexibility index (Phi) is 5.45. The molecule has 0 bridgehead atoms. The van der Waals surface area contributed by atoms with E-state index in [0.717, 1.165) is 6.42 Å². The molecule has 0 radical (unpaired) electrons. The van der Waals surface area contributed by atoms with Crippen molar-refractivity contribution in [3.8, 4) is 6.07 Å². The molecule has 0 aliphatic heterocycles. The number of nitriles is 1. The monoisotopic (exact) mass is 281 g/mol. The predicted octanol–water partition coefficient (Wildman–Crippen LogP) is 2.01. The fourth-order valence-electron chi connectivity index (χ4n) is 1.70. The van der Waals surface area contributed by atoms with Gasteiger partial charge < -0.3 is 0 Å². The highest BCUT2D eigenvalue weighted by Crippen LogP contribution is 2.19. The minimum Gasteiger partial charge on any atom is -0.244 e. The summed E-state index contributed by atoms with van der Waals surface area (Å²) >= 11 is 0. The van der Waals surface area contributed by atoms with Crippen LogP contribution < -0.4 is 0 Å². The summed E-state index contributed by atoms with van der Waals surface area (Å²) in [4.78, 5) is 3.80. The van der Waals surface area contributed by atoms with E-state index in [4.69, 9.17) is 5.26 Å². The van der Waals surface area contributed by atoms with Crippen molar-refractivity contribution in [2.45, 2.75) is 32.1 Å². The summed E-state index contributed by atoms with van der Waals surface area (Å²) in [5, 5.41) is 8.97. The fraction of sp³-hybridized carbons (Fsp3) is 0.538. The first kappa shape index (κ1) is 15.6. The van der Waals surface area contributed by atoms with Crippen LogP contribution in [0.15, 0.2) is 23.2 Å². The largest absolute Gasteiger partial charge is 0.245 e. The van der Waals surface area contributed by atoms with Crippen molar-refractivity contribution >= 4 is 10.0 Å². The zero-order valence-corrected chi connectivity index (χ0v) is 12.3. The molecule has 104 valence electrons. The van der Waals surface area contributed by atoms with Crippen LogP contribution in [0.5, 0.6) is 0 Å². The van der Waals surface area contributed by atoms with Crippen molar-refractivity contribution < 1.29 is 8.42 Å². The molecule has 1 aromatic heterocycles. The van der Waals surface area contributed by atoms with Crippen molar-refractivity contribution in [3.63, 3.8) is 0 Å². The minimum atomic E-state index is -3.65. The van der Waals surface area contributed by atoms with Crippen molar-refractivity contribution in [2.24, 2.45) is 5.92 Å². The molecule has 0 aliphatic rings. The number of nitrogens with zero attached hydrogens (tertiary/aromatic N) is 3. The summed E-state index contributed by atoms with van der Waals surface area (Å²) in [6, 6.07) is 4.79. The number of hydrogen-bond donors (Lipinski definition) is 0. The molecule has 6 heteroatoms. The Labute approximate surface area is 114 Å². The highest BCUT2D eigenvalue weighted by atomic mass is 32.2. The van der Waals surface area contributed by atoms with Gasteiger partial charge in [0.1, 0.15) is 11.0 Å². The number of aromatic nitrogens is 1. The molecule has 0 aliphatic carbocycles. The van der Waals surface area contributed by atoms with Gasteiger partial charge in [-0.05, 0) is 18.1 Å². The lowest BCUT2D eigenvalue weighted by Crippen LogP contribution is -2.35. The quantitative estimate of drug-likeness (QED) is 0.799. The molecule has 0 N–H and O–H groups in total. The van der Waals surface area contributed by atoms with E-state index in [1.807, 2.05) is 19.9 Å². The normalized spacial score (nSPS) is 13.2. The second kappa shape index (κ2) is 6.64. The lowest BCUT2D eigenvalue weighted by atomic mass is 10.1. The van der Waals surface area contributed by atoms with Gasteiger partial charge in [0, 0.05) is 19.3 Å². The van der Waals surface area contributed by atoms with Crippen LogP contribution in [-0.2, 0) is 10.0 Å². The van der Waals surface area contributed by atoms with E-state index >= 15 is 0 Å². The Balaban J connectivity index is 3.18. The first-order chi connectivity index (χ1) is 8.97. The average Bonchev–Trinajstić information content (AvgIpc) is 2.43. The lowest BCUT2D eigenvalue weighted by Gasteiger charge is -2.23. The van der Waals surface area contributed by atoms with Crippen LogP contribution in [0.1, 0.15) is 32.9 Å². The molecule has 5 nitrogen and oxygen atoms in total. The van der Waals surface area contributed by atoms with E-state index in [1.54, 1.807) is 6.92 Å². The summed E-state index contributed by atoms with van der Waals surface area (Å²) in [5.74, 6) is 0.275. The first-order valence-electron chi connectivity index (χ1n) is 6.32. The number of rotatable bonds is 6. The molecular weight excluding hydrogens is 262 g/mol. The van der Waals surface area contributed by atoms with Crippen molar-refractivity contribution in [3.05, 3.63) is 24.0 Å². The minimum absolute atomic E-state index is 0.0114. The molecule has 0 saturated carbocycles. The van der Waals surface area contributed by atoms with Gasteiger partial charge in [-0.25, -0.2) is 13.4 Å². The lowest BCUT2D eigenvalue weighted by molar-refractivity contribution is 0.361.